The van der Waals surface area contributed by atoms with Gasteiger partial charge in [-0.3, -0.25) is 4.98 Å². The van der Waals surface area contributed by atoms with Gasteiger partial charge in [0.2, 0.25) is 5.88 Å². The summed E-state index contributed by atoms with van der Waals surface area (Å²) in [7, 11) is 1.26. The van der Waals surface area contributed by atoms with Gasteiger partial charge in [-0.25, -0.2) is 9.78 Å². The number of carbonyl (C=O) groups is 1. The quantitative estimate of drug-likeness (QED) is 0.867. The van der Waals surface area contributed by atoms with Gasteiger partial charge in [-0.15, -0.1) is 0 Å². The molecule has 0 spiro atoms. The Bertz CT molecular complexity index is 619. The van der Waals surface area contributed by atoms with Crippen LogP contribution in [-0.2, 0) is 4.74 Å². The normalized spacial score (nSPS) is 10.0. The number of ether oxygens (including phenoxy) is 2. The summed E-state index contributed by atoms with van der Waals surface area (Å²) in [5.74, 6) is -0.162. The van der Waals surface area contributed by atoms with E-state index >= 15 is 0 Å². The van der Waals surface area contributed by atoms with Crippen molar-refractivity contribution < 1.29 is 14.3 Å². The van der Waals surface area contributed by atoms with E-state index in [4.69, 9.17) is 22.1 Å². The number of nitrogens with two attached hydrogens (primary N) is 1. The minimum atomic E-state index is -0.593. The number of pyridine rings is 2. The van der Waals surface area contributed by atoms with Crippen molar-refractivity contribution in [3.63, 3.8) is 0 Å². The monoisotopic (exact) mass is 279 g/mol. The third kappa shape index (κ3) is 3.11. The molecule has 0 atom stereocenters. The Hall–Kier alpha value is -2.34. The maximum absolute atomic E-state index is 11.6. The highest BCUT2D eigenvalue weighted by Gasteiger charge is 2.16. The number of esters is 1. The second-order valence-corrected chi connectivity index (χ2v) is 3.99. The molecule has 2 aromatic heterocycles. The van der Waals surface area contributed by atoms with Gasteiger partial charge in [-0.1, -0.05) is 11.6 Å². The molecule has 2 rings (SSSR count). The summed E-state index contributed by atoms with van der Waals surface area (Å²) in [4.78, 5) is 19.4. The minimum Gasteiger partial charge on any atom is -0.465 e. The Morgan fingerprint density at radius 1 is 1.32 bits per heavy atom. The fourth-order valence-electron chi connectivity index (χ4n) is 1.37. The number of nitrogens with zero attached hydrogens (tertiary/aromatic N) is 2. The lowest BCUT2D eigenvalue weighted by molar-refractivity contribution is 0.0597. The number of anilines is 1. The molecule has 19 heavy (non-hydrogen) atoms. The van der Waals surface area contributed by atoms with E-state index < -0.39 is 5.97 Å². The van der Waals surface area contributed by atoms with Crippen molar-refractivity contribution >= 4 is 23.3 Å². The van der Waals surface area contributed by atoms with Gasteiger partial charge >= 0.3 is 5.97 Å². The smallest absolute Gasteiger partial charge is 0.343 e. The molecule has 6 nitrogen and oxygen atoms in total. The molecule has 0 aliphatic carbocycles. The van der Waals surface area contributed by atoms with Crippen LogP contribution in [0.5, 0.6) is 11.6 Å². The highest BCUT2D eigenvalue weighted by Crippen LogP contribution is 2.26. The molecule has 0 aliphatic rings. The maximum Gasteiger partial charge on any atom is 0.343 e. The summed E-state index contributed by atoms with van der Waals surface area (Å²) in [5.41, 5.74) is 6.04. The second kappa shape index (κ2) is 5.53. The van der Waals surface area contributed by atoms with Gasteiger partial charge in [0, 0.05) is 12.3 Å². The SMILES string of the molecule is COC(=O)c1cc(N)cnc1Oc1cncc(Cl)c1. The molecular formula is C12H10ClN3O3. The lowest BCUT2D eigenvalue weighted by Gasteiger charge is -2.09. The number of nitrogen functional groups attached to an aromatic ring is 1. The van der Waals surface area contributed by atoms with Crippen molar-refractivity contribution in [3.8, 4) is 11.6 Å². The lowest BCUT2D eigenvalue weighted by atomic mass is 10.2. The first-order valence-corrected chi connectivity index (χ1v) is 5.60. The maximum atomic E-state index is 11.6. The van der Waals surface area contributed by atoms with Crippen molar-refractivity contribution in [1.29, 1.82) is 0 Å². The van der Waals surface area contributed by atoms with Gasteiger partial charge < -0.3 is 15.2 Å². The molecule has 0 aromatic carbocycles. The van der Waals surface area contributed by atoms with Gasteiger partial charge in [0.05, 0.1) is 30.2 Å². The number of rotatable bonds is 3. The molecule has 2 aromatic rings. The van der Waals surface area contributed by atoms with E-state index in [1.807, 2.05) is 0 Å². The molecule has 0 fully saturated rings. The van der Waals surface area contributed by atoms with E-state index in [1.165, 1.54) is 31.8 Å². The number of halogens is 1. The molecule has 2 N–H and O–H groups in total. The molecule has 98 valence electrons. The van der Waals surface area contributed by atoms with Crippen molar-refractivity contribution in [2.75, 3.05) is 12.8 Å². The summed E-state index contributed by atoms with van der Waals surface area (Å²) in [5, 5.41) is 0.410. The predicted molar refractivity (Wildman–Crippen MR) is 69.3 cm³/mol. The van der Waals surface area contributed by atoms with Crippen LogP contribution in [0, 0.1) is 0 Å². The van der Waals surface area contributed by atoms with Crippen molar-refractivity contribution in [3.05, 3.63) is 41.3 Å². The van der Waals surface area contributed by atoms with Crippen LogP contribution in [0.1, 0.15) is 10.4 Å². The van der Waals surface area contributed by atoms with Gasteiger partial charge in [0.25, 0.3) is 0 Å². The molecule has 0 radical (unpaired) electrons. The predicted octanol–water partition coefficient (Wildman–Crippen LogP) is 2.29. The average molecular weight is 280 g/mol. The summed E-state index contributed by atoms with van der Waals surface area (Å²) < 4.78 is 10.1. The van der Waals surface area contributed by atoms with Crippen LogP contribution in [0.25, 0.3) is 0 Å². The zero-order valence-electron chi connectivity index (χ0n) is 9.96. The van der Waals surface area contributed by atoms with Gasteiger partial charge in [-0.05, 0) is 6.07 Å². The highest BCUT2D eigenvalue weighted by molar-refractivity contribution is 6.30. The average Bonchev–Trinajstić information content (AvgIpc) is 2.40. The third-order valence-electron chi connectivity index (χ3n) is 2.17. The fraction of sp³-hybridized carbons (Fsp3) is 0.0833. The van der Waals surface area contributed by atoms with Crippen molar-refractivity contribution in [2.45, 2.75) is 0 Å². The first-order valence-electron chi connectivity index (χ1n) is 5.22. The largest absolute Gasteiger partial charge is 0.465 e. The summed E-state index contributed by atoms with van der Waals surface area (Å²) >= 11 is 5.79. The lowest BCUT2D eigenvalue weighted by Crippen LogP contribution is -2.06. The Balaban J connectivity index is 2.37. The molecule has 0 saturated heterocycles. The van der Waals surface area contributed by atoms with Crippen molar-refractivity contribution in [2.24, 2.45) is 0 Å². The van der Waals surface area contributed by atoms with Crippen LogP contribution < -0.4 is 10.5 Å². The third-order valence-corrected chi connectivity index (χ3v) is 2.38. The summed E-state index contributed by atoms with van der Waals surface area (Å²) in [6.45, 7) is 0. The second-order valence-electron chi connectivity index (χ2n) is 3.55. The van der Waals surface area contributed by atoms with E-state index in [9.17, 15) is 4.79 Å². The number of aromatic nitrogens is 2. The molecule has 0 bridgehead atoms. The molecule has 0 saturated carbocycles. The number of methoxy groups -OCH3 is 1. The minimum absolute atomic E-state index is 0.0742. The molecular weight excluding hydrogens is 270 g/mol. The number of hydrogen-bond donors (Lipinski definition) is 1. The van der Waals surface area contributed by atoms with Crippen LogP contribution in [0.2, 0.25) is 5.02 Å². The Morgan fingerprint density at radius 2 is 2.11 bits per heavy atom. The highest BCUT2D eigenvalue weighted by atomic mass is 35.5. The van der Waals surface area contributed by atoms with Gasteiger partial charge in [0.15, 0.2) is 0 Å². The van der Waals surface area contributed by atoms with Crippen LogP contribution >= 0.6 is 11.6 Å². The zero-order valence-corrected chi connectivity index (χ0v) is 10.7. The molecule has 7 heteroatoms. The van der Waals surface area contributed by atoms with Crippen LogP contribution in [-0.4, -0.2) is 23.0 Å². The summed E-state index contributed by atoms with van der Waals surface area (Å²) in [6, 6.07) is 2.97. The zero-order chi connectivity index (χ0) is 13.8. The van der Waals surface area contributed by atoms with Crippen LogP contribution in [0.4, 0.5) is 5.69 Å². The fourth-order valence-corrected chi connectivity index (χ4v) is 1.53. The molecule has 0 amide bonds. The van der Waals surface area contributed by atoms with E-state index in [0.29, 0.717) is 16.5 Å². The Labute approximate surface area is 114 Å². The van der Waals surface area contributed by atoms with Crippen LogP contribution in [0.3, 0.4) is 0 Å². The van der Waals surface area contributed by atoms with E-state index in [2.05, 4.69) is 14.7 Å². The van der Waals surface area contributed by atoms with E-state index in [1.54, 1.807) is 6.07 Å². The Kier molecular flexibility index (Phi) is 3.82. The van der Waals surface area contributed by atoms with Gasteiger partial charge in [0.1, 0.15) is 11.3 Å². The first-order chi connectivity index (χ1) is 9.10. The van der Waals surface area contributed by atoms with Crippen LogP contribution in [0.15, 0.2) is 30.7 Å². The standard InChI is InChI=1S/C12H10ClN3O3/c1-18-12(17)10-3-8(14)5-16-11(10)19-9-2-7(13)4-15-6-9/h2-6H,14H2,1H3. The molecule has 0 aliphatic heterocycles. The first kappa shape index (κ1) is 13.1. The molecule has 0 unspecified atom stereocenters. The van der Waals surface area contributed by atoms with Gasteiger partial charge in [-0.2, -0.15) is 0 Å². The summed E-state index contributed by atoms with van der Waals surface area (Å²) in [6.07, 6.45) is 4.29. The van der Waals surface area contributed by atoms with E-state index in [-0.39, 0.29) is 11.4 Å². The van der Waals surface area contributed by atoms with E-state index in [0.717, 1.165) is 0 Å². The Morgan fingerprint density at radius 3 is 2.79 bits per heavy atom. The topological polar surface area (TPSA) is 87.3 Å². The van der Waals surface area contributed by atoms with Crippen molar-refractivity contribution in [1.82, 2.24) is 9.97 Å². The number of hydrogen-bond acceptors (Lipinski definition) is 6. The number of carbonyl (C=O) groups excluding carboxylic acids is 1. The molecule has 2 heterocycles.